The molecule has 1 amide bonds. The number of halogens is 4. The summed E-state index contributed by atoms with van der Waals surface area (Å²) in [6.45, 7) is 1.38. The van der Waals surface area contributed by atoms with Crippen molar-refractivity contribution in [3.05, 3.63) is 17.7 Å². The van der Waals surface area contributed by atoms with E-state index in [2.05, 4.69) is 9.97 Å². The first kappa shape index (κ1) is 20.3. The maximum absolute atomic E-state index is 13.9. The molecule has 1 N–H and O–H groups in total. The third-order valence-electron chi connectivity index (χ3n) is 6.55. The zero-order chi connectivity index (χ0) is 20.8. The highest BCUT2D eigenvalue weighted by Gasteiger charge is 2.51. The molecule has 1 aromatic heterocycles. The van der Waals surface area contributed by atoms with Crippen LogP contribution in [0.1, 0.15) is 50.5 Å². The van der Waals surface area contributed by atoms with Gasteiger partial charge in [0.25, 0.3) is 0 Å². The van der Waals surface area contributed by atoms with Gasteiger partial charge in [0.15, 0.2) is 0 Å². The van der Waals surface area contributed by atoms with Gasteiger partial charge in [-0.3, -0.25) is 4.79 Å². The van der Waals surface area contributed by atoms with Crippen molar-refractivity contribution < 1.29 is 27.5 Å². The summed E-state index contributed by atoms with van der Waals surface area (Å²) < 4.78 is 52.2. The molecule has 1 aromatic rings. The second-order valence-corrected chi connectivity index (χ2v) is 8.39. The van der Waals surface area contributed by atoms with E-state index in [9.17, 15) is 27.5 Å². The summed E-state index contributed by atoms with van der Waals surface area (Å²) in [6.07, 6.45) is 0.264. The van der Waals surface area contributed by atoms with E-state index in [1.165, 1.54) is 0 Å². The Bertz CT molecular complexity index is 782. The summed E-state index contributed by atoms with van der Waals surface area (Å²) in [5.41, 5.74) is -2.12. The van der Waals surface area contributed by atoms with E-state index in [0.29, 0.717) is 51.4 Å². The van der Waals surface area contributed by atoms with Gasteiger partial charge in [-0.25, -0.2) is 4.98 Å². The Morgan fingerprint density at radius 2 is 1.86 bits per heavy atom. The fraction of sp³-hybridized carbons (Fsp3) is 0.737. The number of amides is 1. The predicted molar refractivity (Wildman–Crippen MR) is 95.5 cm³/mol. The average molecular weight is 416 g/mol. The number of likely N-dealkylation sites (tertiary alicyclic amines) is 1. The van der Waals surface area contributed by atoms with E-state index >= 15 is 0 Å². The van der Waals surface area contributed by atoms with E-state index in [1.54, 1.807) is 4.90 Å². The Morgan fingerprint density at radius 1 is 1.14 bits per heavy atom. The van der Waals surface area contributed by atoms with Gasteiger partial charge in [-0.15, -0.1) is 0 Å². The number of aromatic nitrogens is 2. The van der Waals surface area contributed by atoms with Gasteiger partial charge >= 0.3 is 6.18 Å². The minimum absolute atomic E-state index is 0.0518. The molecule has 2 saturated heterocycles. The summed E-state index contributed by atoms with van der Waals surface area (Å²) in [7, 11) is 0. The van der Waals surface area contributed by atoms with Crippen LogP contribution in [0, 0.1) is 11.4 Å². The first-order valence-corrected chi connectivity index (χ1v) is 10.0. The van der Waals surface area contributed by atoms with Crippen molar-refractivity contribution in [1.29, 1.82) is 0 Å². The molecule has 160 valence electrons. The molecule has 29 heavy (non-hydrogen) atoms. The Hall–Kier alpha value is -1.97. The van der Waals surface area contributed by atoms with Gasteiger partial charge in [0, 0.05) is 31.9 Å². The maximum Gasteiger partial charge on any atom is 0.422 e. The van der Waals surface area contributed by atoms with Crippen molar-refractivity contribution in [2.75, 3.05) is 24.5 Å². The molecule has 1 unspecified atom stereocenters. The molecule has 0 bridgehead atoms. The summed E-state index contributed by atoms with van der Waals surface area (Å²) >= 11 is 0. The van der Waals surface area contributed by atoms with Crippen molar-refractivity contribution in [3.8, 4) is 0 Å². The second kappa shape index (κ2) is 7.37. The Kier molecular flexibility index (Phi) is 5.16. The van der Waals surface area contributed by atoms with Crippen molar-refractivity contribution in [2.45, 2.75) is 63.3 Å². The van der Waals surface area contributed by atoms with Crippen LogP contribution in [0.2, 0.25) is 0 Å². The molecule has 1 saturated carbocycles. The number of carbonyl (C=O) groups is 1. The number of carbonyl (C=O) groups excluding carboxylic acids is 1. The van der Waals surface area contributed by atoms with Gasteiger partial charge in [-0.1, -0.05) is 0 Å². The third-order valence-corrected chi connectivity index (χ3v) is 6.55. The smallest absolute Gasteiger partial charge is 0.393 e. The molecule has 4 rings (SSSR count). The fourth-order valence-electron chi connectivity index (χ4n) is 4.94. The van der Waals surface area contributed by atoms with Crippen LogP contribution in [0.25, 0.3) is 0 Å². The van der Waals surface area contributed by atoms with E-state index in [-0.39, 0.29) is 30.5 Å². The van der Waals surface area contributed by atoms with Crippen molar-refractivity contribution >= 4 is 11.9 Å². The fourth-order valence-corrected chi connectivity index (χ4v) is 4.94. The molecule has 1 aliphatic carbocycles. The van der Waals surface area contributed by atoms with Gasteiger partial charge < -0.3 is 14.9 Å². The molecule has 2 aliphatic heterocycles. The molecule has 1 spiro atoms. The second-order valence-electron chi connectivity index (χ2n) is 8.39. The van der Waals surface area contributed by atoms with E-state index in [0.717, 1.165) is 12.8 Å². The number of aliphatic hydroxyl groups excluding tert-OH is 1. The highest BCUT2D eigenvalue weighted by Crippen LogP contribution is 2.43. The molecule has 3 fully saturated rings. The normalized spacial score (nSPS) is 31.0. The number of hydrogen-bond donors (Lipinski definition) is 1. The van der Waals surface area contributed by atoms with Gasteiger partial charge in [0.2, 0.25) is 17.8 Å². The highest BCUT2D eigenvalue weighted by molar-refractivity contribution is 5.86. The number of nitrogens with zero attached hydrogens (tertiary/aromatic N) is 4. The van der Waals surface area contributed by atoms with Crippen molar-refractivity contribution in [1.82, 2.24) is 14.9 Å². The number of rotatable bonds is 2. The van der Waals surface area contributed by atoms with Gasteiger partial charge in [0.1, 0.15) is 5.56 Å². The lowest BCUT2D eigenvalue weighted by atomic mass is 9.78. The zero-order valence-corrected chi connectivity index (χ0v) is 16.0. The van der Waals surface area contributed by atoms with Crippen LogP contribution in [-0.4, -0.2) is 57.7 Å². The minimum Gasteiger partial charge on any atom is -0.393 e. The standard InChI is InChI=1S/C19H24F4N4O2/c20-15-14(19(21,22)23)10-24-17(25-15)26-8-1-6-18(11-26)7-9-27(16(18)29)12-2-4-13(28)5-3-12/h10,12-13,28H,1-9,11H2/t12-,13-,18?. The first-order chi connectivity index (χ1) is 13.7. The quantitative estimate of drug-likeness (QED) is 0.593. The Morgan fingerprint density at radius 3 is 2.52 bits per heavy atom. The van der Waals surface area contributed by atoms with Crippen LogP contribution >= 0.6 is 0 Å². The van der Waals surface area contributed by atoms with E-state index in [4.69, 9.17) is 0 Å². The SMILES string of the molecule is O=C1N([C@H]2CC[C@H](O)CC2)CCC12CCCN(c1ncc(C(F)(F)F)c(F)n1)C2. The van der Waals surface area contributed by atoms with Gasteiger partial charge in [-0.05, 0) is 44.9 Å². The predicted octanol–water partition coefficient (Wildman–Crippen LogP) is 2.76. The average Bonchev–Trinajstić information content (AvgIpc) is 2.97. The molecule has 0 radical (unpaired) electrons. The van der Waals surface area contributed by atoms with Crippen LogP contribution < -0.4 is 4.90 Å². The monoisotopic (exact) mass is 416 g/mol. The van der Waals surface area contributed by atoms with Crippen LogP contribution in [0.15, 0.2) is 6.20 Å². The van der Waals surface area contributed by atoms with Crippen LogP contribution in [-0.2, 0) is 11.0 Å². The summed E-state index contributed by atoms with van der Waals surface area (Å²) in [4.78, 5) is 24.0. The lowest BCUT2D eigenvalue weighted by Gasteiger charge is -2.40. The number of piperidine rings is 1. The van der Waals surface area contributed by atoms with Crippen LogP contribution in [0.3, 0.4) is 0 Å². The summed E-state index contributed by atoms with van der Waals surface area (Å²) in [5, 5.41) is 9.71. The first-order valence-electron chi connectivity index (χ1n) is 10.0. The van der Waals surface area contributed by atoms with Crippen molar-refractivity contribution in [2.24, 2.45) is 5.41 Å². The lowest BCUT2D eigenvalue weighted by molar-refractivity contribution is -0.140. The molecule has 3 aliphatic rings. The number of anilines is 1. The largest absolute Gasteiger partial charge is 0.422 e. The molecular formula is C19H24F4N4O2. The van der Waals surface area contributed by atoms with E-state index < -0.39 is 23.1 Å². The number of hydrogen-bond acceptors (Lipinski definition) is 5. The third kappa shape index (κ3) is 3.78. The maximum atomic E-state index is 13.9. The molecule has 6 nitrogen and oxygen atoms in total. The summed E-state index contributed by atoms with van der Waals surface area (Å²) in [6, 6.07) is 0.125. The molecule has 0 aromatic carbocycles. The molecular weight excluding hydrogens is 392 g/mol. The topological polar surface area (TPSA) is 69.6 Å². The molecule has 1 atom stereocenters. The highest BCUT2D eigenvalue weighted by atomic mass is 19.4. The van der Waals surface area contributed by atoms with Crippen molar-refractivity contribution in [3.63, 3.8) is 0 Å². The number of alkyl halides is 3. The molecule has 10 heteroatoms. The van der Waals surface area contributed by atoms with E-state index in [1.807, 2.05) is 4.90 Å². The number of aliphatic hydroxyl groups is 1. The van der Waals surface area contributed by atoms with Gasteiger partial charge in [0.05, 0.1) is 11.5 Å². The molecule has 3 heterocycles. The Balaban J connectivity index is 1.50. The zero-order valence-electron chi connectivity index (χ0n) is 16.0. The van der Waals surface area contributed by atoms with Crippen LogP contribution in [0.5, 0.6) is 0 Å². The van der Waals surface area contributed by atoms with Gasteiger partial charge in [-0.2, -0.15) is 22.5 Å². The Labute approximate surface area is 165 Å². The minimum atomic E-state index is -4.85. The van der Waals surface area contributed by atoms with Crippen LogP contribution in [0.4, 0.5) is 23.5 Å². The summed E-state index contributed by atoms with van der Waals surface area (Å²) in [5.74, 6) is -1.65. The lowest BCUT2D eigenvalue weighted by Crippen LogP contribution is -2.50.